The SMILES string of the molecule is CCN(N)C(=O)c1ccc(C(=O)N(C)CCN2CCC(OC(=O)Nc3ccccc3-c3ccccc3)CC2)o1. The van der Waals surface area contributed by atoms with Crippen LogP contribution in [-0.2, 0) is 4.74 Å². The summed E-state index contributed by atoms with van der Waals surface area (Å²) in [7, 11) is 1.70. The maximum absolute atomic E-state index is 12.7. The Labute approximate surface area is 228 Å². The van der Waals surface area contributed by atoms with Gasteiger partial charge in [0, 0.05) is 45.3 Å². The molecule has 1 aromatic heterocycles. The topological polar surface area (TPSA) is 121 Å². The monoisotopic (exact) mass is 533 g/mol. The molecule has 3 N–H and O–H groups in total. The molecule has 2 aromatic carbocycles. The fourth-order valence-electron chi connectivity index (χ4n) is 4.44. The second-order valence-corrected chi connectivity index (χ2v) is 9.46. The van der Waals surface area contributed by atoms with Crippen molar-refractivity contribution in [2.75, 3.05) is 45.1 Å². The number of hydrazine groups is 1. The molecule has 1 fully saturated rings. The van der Waals surface area contributed by atoms with E-state index in [0.717, 1.165) is 29.2 Å². The van der Waals surface area contributed by atoms with Crippen LogP contribution in [0.25, 0.3) is 11.1 Å². The number of para-hydroxylation sites is 1. The van der Waals surface area contributed by atoms with Crippen LogP contribution >= 0.6 is 0 Å². The molecule has 1 aliphatic heterocycles. The summed E-state index contributed by atoms with van der Waals surface area (Å²) in [5.41, 5.74) is 2.66. The number of hydrogen-bond acceptors (Lipinski definition) is 7. The molecular formula is C29H35N5O5. The average molecular weight is 534 g/mol. The van der Waals surface area contributed by atoms with E-state index in [4.69, 9.17) is 15.0 Å². The van der Waals surface area contributed by atoms with E-state index in [0.29, 0.717) is 38.2 Å². The number of carbonyl (C=O) groups is 3. The largest absolute Gasteiger partial charge is 0.446 e. The van der Waals surface area contributed by atoms with E-state index >= 15 is 0 Å². The van der Waals surface area contributed by atoms with Gasteiger partial charge >= 0.3 is 12.0 Å². The predicted octanol–water partition coefficient (Wildman–Crippen LogP) is 4.07. The van der Waals surface area contributed by atoms with E-state index in [1.165, 1.54) is 12.1 Å². The molecule has 0 aliphatic carbocycles. The molecule has 0 saturated carbocycles. The molecule has 39 heavy (non-hydrogen) atoms. The quantitative estimate of drug-likeness (QED) is 0.242. The van der Waals surface area contributed by atoms with Gasteiger partial charge in [0.15, 0.2) is 11.5 Å². The van der Waals surface area contributed by atoms with Crippen LogP contribution in [0.2, 0.25) is 0 Å². The van der Waals surface area contributed by atoms with Crippen molar-refractivity contribution >= 4 is 23.6 Å². The third kappa shape index (κ3) is 7.24. The smallest absolute Gasteiger partial charge is 0.411 e. The second-order valence-electron chi connectivity index (χ2n) is 9.46. The number of rotatable bonds is 9. The van der Waals surface area contributed by atoms with Crippen molar-refractivity contribution < 1.29 is 23.5 Å². The van der Waals surface area contributed by atoms with Crippen molar-refractivity contribution in [1.82, 2.24) is 14.8 Å². The number of likely N-dealkylation sites (tertiary alicyclic amines) is 1. The molecule has 10 heteroatoms. The molecule has 3 amide bonds. The first-order chi connectivity index (χ1) is 18.9. The summed E-state index contributed by atoms with van der Waals surface area (Å²) in [6, 6.07) is 20.5. The van der Waals surface area contributed by atoms with Gasteiger partial charge in [-0.25, -0.2) is 10.6 Å². The summed E-state index contributed by atoms with van der Waals surface area (Å²) in [6.45, 7) is 4.74. The van der Waals surface area contributed by atoms with E-state index in [1.54, 1.807) is 18.9 Å². The number of nitrogens with one attached hydrogen (secondary N) is 1. The highest BCUT2D eigenvalue weighted by molar-refractivity contribution is 5.95. The molecule has 4 rings (SSSR count). The fourth-order valence-corrected chi connectivity index (χ4v) is 4.44. The molecule has 206 valence electrons. The molecule has 0 atom stereocenters. The Hall–Kier alpha value is -4.15. The molecule has 2 heterocycles. The number of piperidine rings is 1. The van der Waals surface area contributed by atoms with Crippen LogP contribution in [0.4, 0.5) is 10.5 Å². The van der Waals surface area contributed by atoms with E-state index in [1.807, 2.05) is 54.6 Å². The molecule has 0 spiro atoms. The summed E-state index contributed by atoms with van der Waals surface area (Å²) < 4.78 is 11.1. The molecule has 1 aliphatic rings. The van der Waals surface area contributed by atoms with Gasteiger partial charge in [-0.05, 0) is 43.5 Å². The lowest BCUT2D eigenvalue weighted by molar-refractivity contribution is 0.0532. The molecule has 1 saturated heterocycles. The van der Waals surface area contributed by atoms with Crippen LogP contribution in [0.3, 0.4) is 0 Å². The van der Waals surface area contributed by atoms with Crippen molar-refractivity contribution in [3.05, 3.63) is 78.3 Å². The van der Waals surface area contributed by atoms with Gasteiger partial charge in [-0.15, -0.1) is 0 Å². The molecule has 10 nitrogen and oxygen atoms in total. The summed E-state index contributed by atoms with van der Waals surface area (Å²) in [5.74, 6) is 4.96. The number of carbonyl (C=O) groups excluding carboxylic acids is 3. The summed E-state index contributed by atoms with van der Waals surface area (Å²) in [6.07, 6.45) is 0.786. The number of amides is 3. The van der Waals surface area contributed by atoms with Gasteiger partial charge in [0.05, 0.1) is 5.69 Å². The molecule has 0 unspecified atom stereocenters. The van der Waals surface area contributed by atoms with Gasteiger partial charge in [-0.3, -0.25) is 19.9 Å². The number of ether oxygens (including phenoxy) is 1. The Kier molecular flexibility index (Phi) is 9.35. The Balaban J connectivity index is 1.21. The standard InChI is InChI=1S/C29H35N5O5/c1-3-34(30)28(36)26-14-13-25(39-26)27(35)32(2)19-20-33-17-15-22(16-18-33)38-29(37)31-24-12-8-7-11-23(24)21-9-5-4-6-10-21/h4-14,22H,3,15-20,30H2,1-2H3,(H,31,37). The molecule has 0 bridgehead atoms. The Morgan fingerprint density at radius 3 is 2.31 bits per heavy atom. The van der Waals surface area contributed by atoms with E-state index in [2.05, 4.69) is 10.2 Å². The van der Waals surface area contributed by atoms with Crippen molar-refractivity contribution in [3.8, 4) is 11.1 Å². The highest BCUT2D eigenvalue weighted by Gasteiger charge is 2.25. The Bertz CT molecular complexity index is 1270. The van der Waals surface area contributed by atoms with Gasteiger partial charge in [-0.2, -0.15) is 0 Å². The van der Waals surface area contributed by atoms with Crippen LogP contribution < -0.4 is 11.2 Å². The zero-order valence-electron chi connectivity index (χ0n) is 22.3. The second kappa shape index (κ2) is 13.1. The van der Waals surface area contributed by atoms with Crippen molar-refractivity contribution in [2.45, 2.75) is 25.9 Å². The van der Waals surface area contributed by atoms with Gasteiger partial charge in [0.2, 0.25) is 0 Å². The summed E-state index contributed by atoms with van der Waals surface area (Å²) in [4.78, 5) is 41.3. The van der Waals surface area contributed by atoms with Crippen molar-refractivity contribution in [3.63, 3.8) is 0 Å². The average Bonchev–Trinajstić information content (AvgIpc) is 3.46. The van der Waals surface area contributed by atoms with Gasteiger partial charge in [0.1, 0.15) is 6.10 Å². The first-order valence-corrected chi connectivity index (χ1v) is 13.1. The molecular weight excluding hydrogens is 498 g/mol. The Morgan fingerprint density at radius 1 is 0.974 bits per heavy atom. The van der Waals surface area contributed by atoms with E-state index < -0.39 is 12.0 Å². The number of benzene rings is 2. The van der Waals surface area contributed by atoms with Gasteiger partial charge in [-0.1, -0.05) is 48.5 Å². The highest BCUT2D eigenvalue weighted by atomic mass is 16.6. The van der Waals surface area contributed by atoms with E-state index in [9.17, 15) is 14.4 Å². The zero-order valence-corrected chi connectivity index (χ0v) is 22.3. The number of nitrogens with zero attached hydrogens (tertiary/aromatic N) is 3. The van der Waals surface area contributed by atoms with Crippen LogP contribution in [0.1, 0.15) is 40.9 Å². The van der Waals surface area contributed by atoms with Crippen molar-refractivity contribution in [2.24, 2.45) is 5.84 Å². The van der Waals surface area contributed by atoms with Crippen LogP contribution in [0.5, 0.6) is 0 Å². The minimum atomic E-state index is -0.474. The minimum absolute atomic E-state index is 0.0331. The first-order valence-electron chi connectivity index (χ1n) is 13.1. The number of anilines is 1. The lowest BCUT2D eigenvalue weighted by Gasteiger charge is -2.32. The number of nitrogens with two attached hydrogens (primary N) is 1. The van der Waals surface area contributed by atoms with E-state index in [-0.39, 0.29) is 23.5 Å². The Morgan fingerprint density at radius 2 is 1.62 bits per heavy atom. The van der Waals surface area contributed by atoms with Crippen LogP contribution in [-0.4, -0.2) is 78.6 Å². The van der Waals surface area contributed by atoms with Crippen molar-refractivity contribution in [1.29, 1.82) is 0 Å². The fraction of sp³-hybridized carbons (Fsp3) is 0.345. The first kappa shape index (κ1) is 27.9. The highest BCUT2D eigenvalue weighted by Crippen LogP contribution is 2.28. The van der Waals surface area contributed by atoms with Gasteiger partial charge < -0.3 is 19.0 Å². The third-order valence-electron chi connectivity index (χ3n) is 6.78. The third-order valence-corrected chi connectivity index (χ3v) is 6.78. The number of hydrogen-bond donors (Lipinski definition) is 2. The minimum Gasteiger partial charge on any atom is -0.446 e. The number of likely N-dealkylation sites (N-methyl/N-ethyl adjacent to an activating group) is 1. The maximum atomic E-state index is 12.7. The number of furan rings is 1. The lowest BCUT2D eigenvalue weighted by atomic mass is 10.0. The van der Waals surface area contributed by atoms with Crippen LogP contribution in [0.15, 0.2) is 71.1 Å². The summed E-state index contributed by atoms with van der Waals surface area (Å²) >= 11 is 0. The normalized spacial score (nSPS) is 14.0. The van der Waals surface area contributed by atoms with Crippen LogP contribution in [0, 0.1) is 0 Å². The molecule has 3 aromatic rings. The lowest BCUT2D eigenvalue weighted by Crippen LogP contribution is -2.42. The molecule has 0 radical (unpaired) electrons. The predicted molar refractivity (Wildman–Crippen MR) is 148 cm³/mol. The zero-order chi connectivity index (χ0) is 27.8. The maximum Gasteiger partial charge on any atom is 0.411 e. The summed E-state index contributed by atoms with van der Waals surface area (Å²) in [5, 5.41) is 3.92. The van der Waals surface area contributed by atoms with Gasteiger partial charge in [0.25, 0.3) is 5.91 Å².